The molecule has 0 saturated heterocycles. The molecule has 0 spiro atoms. The van der Waals surface area contributed by atoms with Gasteiger partial charge >= 0.3 is 12.0 Å². The third kappa shape index (κ3) is 1.76. The van der Waals surface area contributed by atoms with Crippen molar-refractivity contribution in [2.75, 3.05) is 7.11 Å². The first-order chi connectivity index (χ1) is 9.52. The highest BCUT2D eigenvalue weighted by Gasteiger charge is 2.40. The van der Waals surface area contributed by atoms with Crippen LogP contribution in [0.15, 0.2) is 24.3 Å². The van der Waals surface area contributed by atoms with Crippen LogP contribution in [0.5, 0.6) is 0 Å². The van der Waals surface area contributed by atoms with Crippen molar-refractivity contribution in [3.05, 3.63) is 35.0 Å². The SMILES string of the molecule is CON1C(=O)n2c(cc3cc(Cl)ccc32)C1CC(=O)O. The van der Waals surface area contributed by atoms with Crippen LogP contribution in [-0.2, 0) is 9.63 Å². The number of aromatic nitrogens is 1. The Bertz CT molecular complexity index is 724. The van der Waals surface area contributed by atoms with Gasteiger partial charge in [0, 0.05) is 10.4 Å². The summed E-state index contributed by atoms with van der Waals surface area (Å²) in [6.45, 7) is 0. The number of carbonyl (C=O) groups excluding carboxylic acids is 1. The minimum absolute atomic E-state index is 0.219. The van der Waals surface area contributed by atoms with Crippen molar-refractivity contribution in [3.8, 4) is 0 Å². The molecule has 0 bridgehead atoms. The second kappa shape index (κ2) is 4.50. The molecule has 0 radical (unpaired) electrons. The average Bonchev–Trinajstić information content (AvgIpc) is 2.85. The van der Waals surface area contributed by atoms with Crippen LogP contribution in [0, 0.1) is 0 Å². The fourth-order valence-corrected chi connectivity index (χ4v) is 2.76. The smallest absolute Gasteiger partial charge is 0.353 e. The number of carbonyl (C=O) groups is 2. The van der Waals surface area contributed by atoms with Gasteiger partial charge in [-0.15, -0.1) is 0 Å². The van der Waals surface area contributed by atoms with Crippen LogP contribution < -0.4 is 0 Å². The molecule has 1 aliphatic heterocycles. The number of amides is 1. The number of aliphatic carboxylic acids is 1. The van der Waals surface area contributed by atoms with E-state index in [9.17, 15) is 9.59 Å². The number of fused-ring (bicyclic) bond motifs is 3. The van der Waals surface area contributed by atoms with Gasteiger partial charge in [-0.2, -0.15) is 5.06 Å². The molecule has 6 nitrogen and oxygen atoms in total. The highest BCUT2D eigenvalue weighted by molar-refractivity contribution is 6.31. The van der Waals surface area contributed by atoms with Gasteiger partial charge in [-0.1, -0.05) is 11.6 Å². The molecule has 1 unspecified atom stereocenters. The summed E-state index contributed by atoms with van der Waals surface area (Å²) in [6, 6.07) is 5.89. The van der Waals surface area contributed by atoms with Gasteiger partial charge in [-0.05, 0) is 24.3 Å². The molecule has 0 fully saturated rings. The predicted octanol–water partition coefficient (Wildman–Crippen LogP) is 2.66. The molecule has 1 aliphatic rings. The van der Waals surface area contributed by atoms with Crippen molar-refractivity contribution in [2.45, 2.75) is 12.5 Å². The number of benzene rings is 1. The first kappa shape index (κ1) is 13.0. The zero-order valence-electron chi connectivity index (χ0n) is 10.5. The molecular formula is C13H11ClN2O4. The lowest BCUT2D eigenvalue weighted by molar-refractivity contribution is -0.146. The van der Waals surface area contributed by atoms with Gasteiger partial charge in [0.25, 0.3) is 0 Å². The third-order valence-corrected chi connectivity index (χ3v) is 3.60. The van der Waals surface area contributed by atoms with E-state index in [4.69, 9.17) is 21.5 Å². The number of halogens is 1. The first-order valence-corrected chi connectivity index (χ1v) is 6.31. The van der Waals surface area contributed by atoms with Crippen LogP contribution >= 0.6 is 11.6 Å². The standard InChI is InChI=1S/C13H11ClN2O4/c1-20-16-11(6-12(17)18)10-5-7-4-8(14)2-3-9(7)15(10)13(16)19/h2-5,11H,6H2,1H3,(H,17,18). The maximum Gasteiger partial charge on any atom is 0.353 e. The van der Waals surface area contributed by atoms with Crippen molar-refractivity contribution in [1.29, 1.82) is 0 Å². The van der Waals surface area contributed by atoms with E-state index in [1.165, 1.54) is 11.7 Å². The Labute approximate surface area is 119 Å². The van der Waals surface area contributed by atoms with Gasteiger partial charge in [0.15, 0.2) is 0 Å². The number of hydrogen-bond acceptors (Lipinski definition) is 3. The van der Waals surface area contributed by atoms with E-state index >= 15 is 0 Å². The zero-order chi connectivity index (χ0) is 14.4. The lowest BCUT2D eigenvalue weighted by atomic mass is 10.1. The van der Waals surface area contributed by atoms with E-state index in [1.807, 2.05) is 0 Å². The summed E-state index contributed by atoms with van der Waals surface area (Å²) in [4.78, 5) is 28.3. The zero-order valence-corrected chi connectivity index (χ0v) is 11.3. The van der Waals surface area contributed by atoms with E-state index in [1.54, 1.807) is 24.3 Å². The Morgan fingerprint density at radius 2 is 2.20 bits per heavy atom. The van der Waals surface area contributed by atoms with Crippen LogP contribution in [0.3, 0.4) is 0 Å². The Kier molecular flexibility index (Phi) is 2.92. The summed E-state index contributed by atoms with van der Waals surface area (Å²) in [6.07, 6.45) is -0.219. The van der Waals surface area contributed by atoms with Gasteiger partial charge in [0.2, 0.25) is 0 Å². The number of carboxylic acid groups (broad SMARTS) is 1. The summed E-state index contributed by atoms with van der Waals surface area (Å²) < 4.78 is 1.46. The summed E-state index contributed by atoms with van der Waals surface area (Å²) in [5.41, 5.74) is 1.28. The molecule has 0 aliphatic carbocycles. The van der Waals surface area contributed by atoms with E-state index in [0.717, 1.165) is 10.4 Å². The summed E-state index contributed by atoms with van der Waals surface area (Å²) in [5, 5.41) is 11.4. The van der Waals surface area contributed by atoms with E-state index in [0.29, 0.717) is 16.2 Å². The monoisotopic (exact) mass is 294 g/mol. The topological polar surface area (TPSA) is 71.8 Å². The molecule has 1 aromatic heterocycles. The van der Waals surface area contributed by atoms with Gasteiger partial charge < -0.3 is 5.11 Å². The van der Waals surface area contributed by atoms with Crippen LogP contribution in [0.2, 0.25) is 5.02 Å². The highest BCUT2D eigenvalue weighted by Crippen LogP contribution is 2.37. The van der Waals surface area contributed by atoms with Crippen LogP contribution in [0.4, 0.5) is 4.79 Å². The fraction of sp³-hybridized carbons (Fsp3) is 0.231. The molecule has 104 valence electrons. The number of carboxylic acids is 1. The third-order valence-electron chi connectivity index (χ3n) is 3.36. The molecule has 20 heavy (non-hydrogen) atoms. The molecule has 2 aromatic rings. The molecule has 1 atom stereocenters. The second-order valence-corrected chi connectivity index (χ2v) is 4.95. The summed E-state index contributed by atoms with van der Waals surface area (Å²) >= 11 is 5.93. The Balaban J connectivity index is 2.19. The Morgan fingerprint density at radius 3 is 2.85 bits per heavy atom. The molecule has 1 aromatic carbocycles. The van der Waals surface area contributed by atoms with Crippen molar-refractivity contribution in [1.82, 2.24) is 9.63 Å². The largest absolute Gasteiger partial charge is 0.481 e. The fourth-order valence-electron chi connectivity index (χ4n) is 2.58. The van der Waals surface area contributed by atoms with Gasteiger partial charge in [0.05, 0.1) is 24.7 Å². The quantitative estimate of drug-likeness (QED) is 0.944. The number of rotatable bonds is 3. The summed E-state index contributed by atoms with van der Waals surface area (Å²) in [7, 11) is 1.35. The maximum atomic E-state index is 12.3. The predicted molar refractivity (Wildman–Crippen MR) is 71.6 cm³/mol. The van der Waals surface area contributed by atoms with Gasteiger partial charge in [-0.3, -0.25) is 14.2 Å². The first-order valence-electron chi connectivity index (χ1n) is 5.93. The minimum atomic E-state index is -0.999. The molecule has 1 amide bonds. The second-order valence-electron chi connectivity index (χ2n) is 4.51. The van der Waals surface area contributed by atoms with Crippen molar-refractivity contribution in [3.63, 3.8) is 0 Å². The lowest BCUT2D eigenvalue weighted by Gasteiger charge is -2.19. The Morgan fingerprint density at radius 1 is 1.45 bits per heavy atom. The summed E-state index contributed by atoms with van der Waals surface area (Å²) in [5.74, 6) is -0.999. The average molecular weight is 295 g/mol. The molecule has 0 saturated carbocycles. The molecule has 7 heteroatoms. The number of hydroxylamine groups is 2. The van der Waals surface area contributed by atoms with Crippen LogP contribution in [-0.4, -0.2) is 33.8 Å². The molecule has 3 rings (SSSR count). The highest BCUT2D eigenvalue weighted by atomic mass is 35.5. The normalized spacial score (nSPS) is 17.8. The maximum absolute atomic E-state index is 12.3. The van der Waals surface area contributed by atoms with Crippen molar-refractivity contribution < 1.29 is 19.5 Å². The van der Waals surface area contributed by atoms with Crippen molar-refractivity contribution in [2.24, 2.45) is 0 Å². The Hall–Kier alpha value is -2.05. The lowest BCUT2D eigenvalue weighted by Crippen LogP contribution is -2.29. The van der Waals surface area contributed by atoms with E-state index in [2.05, 4.69) is 0 Å². The van der Waals surface area contributed by atoms with E-state index < -0.39 is 18.0 Å². The van der Waals surface area contributed by atoms with Crippen LogP contribution in [0.1, 0.15) is 18.2 Å². The van der Waals surface area contributed by atoms with Gasteiger partial charge in [0.1, 0.15) is 6.04 Å². The van der Waals surface area contributed by atoms with Gasteiger partial charge in [-0.25, -0.2) is 4.79 Å². The van der Waals surface area contributed by atoms with Crippen LogP contribution in [0.25, 0.3) is 10.9 Å². The molecular weight excluding hydrogens is 284 g/mol. The number of nitrogens with zero attached hydrogens (tertiary/aromatic N) is 2. The number of hydrogen-bond donors (Lipinski definition) is 1. The molecule has 1 N–H and O–H groups in total. The van der Waals surface area contributed by atoms with Crippen molar-refractivity contribution >= 4 is 34.5 Å². The minimum Gasteiger partial charge on any atom is -0.481 e. The van der Waals surface area contributed by atoms with E-state index in [-0.39, 0.29) is 6.42 Å². The molecule has 2 heterocycles.